The maximum Gasteiger partial charge on any atom is 0.320 e. The SMILES string of the molecule is CC(C(=O)O)N1CCN(C(=O)NCCCS(C)=O)CC1. The van der Waals surface area contributed by atoms with Crippen molar-refractivity contribution in [3.8, 4) is 0 Å². The average molecular weight is 305 g/mol. The van der Waals surface area contributed by atoms with Gasteiger partial charge in [0.1, 0.15) is 6.04 Å². The van der Waals surface area contributed by atoms with Gasteiger partial charge in [0.15, 0.2) is 0 Å². The molecule has 1 aliphatic heterocycles. The number of nitrogens with zero attached hydrogens (tertiary/aromatic N) is 2. The topological polar surface area (TPSA) is 89.9 Å². The Morgan fingerprint density at radius 2 is 1.90 bits per heavy atom. The first-order valence-electron chi connectivity index (χ1n) is 6.71. The van der Waals surface area contributed by atoms with Crippen LogP contribution in [0, 0.1) is 0 Å². The van der Waals surface area contributed by atoms with E-state index in [4.69, 9.17) is 5.11 Å². The first-order valence-corrected chi connectivity index (χ1v) is 8.44. The number of hydrogen-bond donors (Lipinski definition) is 2. The summed E-state index contributed by atoms with van der Waals surface area (Å²) in [5, 5.41) is 11.7. The molecule has 8 heteroatoms. The van der Waals surface area contributed by atoms with Crippen molar-refractivity contribution >= 4 is 22.8 Å². The molecule has 0 bridgehead atoms. The van der Waals surface area contributed by atoms with Crippen molar-refractivity contribution in [2.75, 3.05) is 44.7 Å². The largest absolute Gasteiger partial charge is 0.480 e. The summed E-state index contributed by atoms with van der Waals surface area (Å²) < 4.78 is 10.9. The minimum atomic E-state index is -0.838. The molecule has 116 valence electrons. The summed E-state index contributed by atoms with van der Waals surface area (Å²) in [6.07, 6.45) is 2.34. The van der Waals surface area contributed by atoms with Crippen LogP contribution in [0.15, 0.2) is 0 Å². The molecular formula is C12H23N3O4S. The summed E-state index contributed by atoms with van der Waals surface area (Å²) in [7, 11) is -0.827. The summed E-state index contributed by atoms with van der Waals surface area (Å²) in [5.41, 5.74) is 0. The van der Waals surface area contributed by atoms with Crippen molar-refractivity contribution in [1.29, 1.82) is 0 Å². The van der Waals surface area contributed by atoms with E-state index in [1.54, 1.807) is 18.1 Å². The molecule has 0 aromatic rings. The van der Waals surface area contributed by atoms with Crippen LogP contribution in [0.5, 0.6) is 0 Å². The van der Waals surface area contributed by atoms with E-state index in [9.17, 15) is 13.8 Å². The van der Waals surface area contributed by atoms with Crippen LogP contribution in [-0.4, -0.2) is 81.9 Å². The Balaban J connectivity index is 2.25. The van der Waals surface area contributed by atoms with Crippen molar-refractivity contribution in [3.05, 3.63) is 0 Å². The number of piperazine rings is 1. The molecule has 2 unspecified atom stereocenters. The van der Waals surface area contributed by atoms with Crippen LogP contribution in [0.1, 0.15) is 13.3 Å². The van der Waals surface area contributed by atoms with Gasteiger partial charge in [-0.25, -0.2) is 4.79 Å². The number of carbonyl (C=O) groups is 2. The van der Waals surface area contributed by atoms with Crippen molar-refractivity contribution in [3.63, 3.8) is 0 Å². The fraction of sp³-hybridized carbons (Fsp3) is 0.833. The molecule has 0 spiro atoms. The van der Waals surface area contributed by atoms with Crippen LogP contribution in [-0.2, 0) is 15.6 Å². The number of carboxylic acids is 1. The summed E-state index contributed by atoms with van der Waals surface area (Å²) in [6, 6.07) is -0.644. The smallest absolute Gasteiger partial charge is 0.320 e. The lowest BCUT2D eigenvalue weighted by atomic mass is 10.2. The molecule has 2 amide bonds. The van der Waals surface area contributed by atoms with Gasteiger partial charge in [0.25, 0.3) is 0 Å². The molecule has 1 aliphatic rings. The molecule has 1 rings (SSSR count). The predicted molar refractivity (Wildman–Crippen MR) is 77.2 cm³/mol. The van der Waals surface area contributed by atoms with Crippen molar-refractivity contribution in [2.45, 2.75) is 19.4 Å². The van der Waals surface area contributed by atoms with Crippen LogP contribution < -0.4 is 5.32 Å². The first-order chi connectivity index (χ1) is 9.41. The third kappa shape index (κ3) is 5.46. The number of urea groups is 1. The molecule has 7 nitrogen and oxygen atoms in total. The van der Waals surface area contributed by atoms with Crippen LogP contribution in [0.3, 0.4) is 0 Å². The molecular weight excluding hydrogens is 282 g/mol. The monoisotopic (exact) mass is 305 g/mol. The van der Waals surface area contributed by atoms with Gasteiger partial charge in [0, 0.05) is 55.5 Å². The van der Waals surface area contributed by atoms with Gasteiger partial charge in [-0.1, -0.05) is 0 Å². The zero-order chi connectivity index (χ0) is 15.1. The highest BCUT2D eigenvalue weighted by Crippen LogP contribution is 2.06. The Hall–Kier alpha value is -1.15. The molecule has 0 saturated carbocycles. The van der Waals surface area contributed by atoms with Gasteiger partial charge < -0.3 is 15.3 Å². The number of hydrogen-bond acceptors (Lipinski definition) is 4. The Labute approximate surface area is 121 Å². The van der Waals surface area contributed by atoms with Crippen molar-refractivity contribution in [2.24, 2.45) is 0 Å². The molecule has 0 aromatic heterocycles. The summed E-state index contributed by atoms with van der Waals surface area (Å²) in [6.45, 7) is 4.37. The van der Waals surface area contributed by atoms with Gasteiger partial charge in [-0.05, 0) is 13.3 Å². The second kappa shape index (κ2) is 8.21. The zero-order valence-corrected chi connectivity index (χ0v) is 12.8. The summed E-state index contributed by atoms with van der Waals surface area (Å²) in [4.78, 5) is 26.3. The fourth-order valence-electron chi connectivity index (χ4n) is 2.05. The maximum absolute atomic E-state index is 11.9. The number of nitrogens with one attached hydrogen (secondary N) is 1. The molecule has 0 aromatic carbocycles. The number of carboxylic acid groups (broad SMARTS) is 1. The van der Waals surface area contributed by atoms with E-state index in [1.807, 2.05) is 4.90 Å². The molecule has 20 heavy (non-hydrogen) atoms. The van der Waals surface area contributed by atoms with Gasteiger partial charge in [0.2, 0.25) is 0 Å². The molecule has 0 aliphatic carbocycles. The number of aliphatic carboxylic acids is 1. The van der Waals surface area contributed by atoms with E-state index in [0.717, 1.165) is 0 Å². The summed E-state index contributed by atoms with van der Waals surface area (Å²) >= 11 is 0. The van der Waals surface area contributed by atoms with Crippen LogP contribution in [0.2, 0.25) is 0 Å². The Morgan fingerprint density at radius 1 is 1.30 bits per heavy atom. The second-order valence-corrected chi connectivity index (χ2v) is 6.45. The minimum Gasteiger partial charge on any atom is -0.480 e. The molecule has 2 N–H and O–H groups in total. The number of rotatable bonds is 6. The van der Waals surface area contributed by atoms with E-state index in [1.165, 1.54) is 0 Å². The van der Waals surface area contributed by atoms with Crippen LogP contribution in [0.4, 0.5) is 4.79 Å². The van der Waals surface area contributed by atoms with E-state index in [-0.39, 0.29) is 6.03 Å². The lowest BCUT2D eigenvalue weighted by Crippen LogP contribution is -2.55. The molecule has 0 radical (unpaired) electrons. The fourth-order valence-corrected chi connectivity index (χ4v) is 2.60. The Morgan fingerprint density at radius 3 is 2.40 bits per heavy atom. The minimum absolute atomic E-state index is 0.130. The highest BCUT2D eigenvalue weighted by molar-refractivity contribution is 7.84. The zero-order valence-electron chi connectivity index (χ0n) is 12.0. The number of carbonyl (C=O) groups excluding carboxylic acids is 1. The highest BCUT2D eigenvalue weighted by atomic mass is 32.2. The highest BCUT2D eigenvalue weighted by Gasteiger charge is 2.26. The normalized spacial score (nSPS) is 19.4. The molecule has 1 heterocycles. The Kier molecular flexibility index (Phi) is 6.94. The van der Waals surface area contributed by atoms with Gasteiger partial charge in [0.05, 0.1) is 0 Å². The third-order valence-corrected chi connectivity index (χ3v) is 4.25. The van der Waals surface area contributed by atoms with Gasteiger partial charge >= 0.3 is 12.0 Å². The standard InChI is InChI=1S/C12H23N3O4S/c1-10(11(16)17)14-5-7-15(8-6-14)12(18)13-4-3-9-20(2)19/h10H,3-9H2,1-2H3,(H,13,18)(H,16,17). The molecule has 1 saturated heterocycles. The first kappa shape index (κ1) is 16.9. The lowest BCUT2D eigenvalue weighted by Gasteiger charge is -2.36. The van der Waals surface area contributed by atoms with E-state index < -0.39 is 22.8 Å². The van der Waals surface area contributed by atoms with Gasteiger partial charge in [-0.2, -0.15) is 0 Å². The van der Waals surface area contributed by atoms with Crippen LogP contribution >= 0.6 is 0 Å². The van der Waals surface area contributed by atoms with Gasteiger partial charge in [-0.15, -0.1) is 0 Å². The van der Waals surface area contributed by atoms with Crippen LogP contribution in [0.25, 0.3) is 0 Å². The number of amides is 2. The Bertz CT molecular complexity index is 370. The molecule has 1 fully saturated rings. The van der Waals surface area contributed by atoms with Crippen molar-refractivity contribution in [1.82, 2.24) is 15.1 Å². The van der Waals surface area contributed by atoms with E-state index in [2.05, 4.69) is 5.32 Å². The summed E-state index contributed by atoms with van der Waals surface area (Å²) in [5.74, 6) is -0.250. The second-order valence-electron chi connectivity index (χ2n) is 4.90. The lowest BCUT2D eigenvalue weighted by molar-refractivity contribution is -0.143. The quantitative estimate of drug-likeness (QED) is 0.649. The van der Waals surface area contributed by atoms with Gasteiger partial charge in [-0.3, -0.25) is 13.9 Å². The van der Waals surface area contributed by atoms with Crippen molar-refractivity contribution < 1.29 is 18.9 Å². The maximum atomic E-state index is 11.9. The van der Waals surface area contributed by atoms with E-state index >= 15 is 0 Å². The van der Waals surface area contributed by atoms with E-state index in [0.29, 0.717) is 44.9 Å². The predicted octanol–water partition coefficient (Wildman–Crippen LogP) is -0.445. The third-order valence-electron chi connectivity index (χ3n) is 3.39. The molecule has 2 atom stereocenters. The average Bonchev–Trinajstić information content (AvgIpc) is 2.42.